The summed E-state index contributed by atoms with van der Waals surface area (Å²) in [5, 5.41) is 0. The van der Waals surface area contributed by atoms with Crippen LogP contribution in [0.15, 0.2) is 57.9 Å². The first-order valence-electron chi connectivity index (χ1n) is 9.54. The fourth-order valence-corrected chi connectivity index (χ4v) is 6.33. The van der Waals surface area contributed by atoms with Crippen LogP contribution in [0.5, 0.6) is 5.75 Å². The molecule has 2 bridgehead atoms. The summed E-state index contributed by atoms with van der Waals surface area (Å²) in [5.41, 5.74) is 0.192. The molecule has 2 saturated carbocycles. The number of para-hydroxylation sites is 2. The van der Waals surface area contributed by atoms with E-state index in [2.05, 4.69) is 15.9 Å². The standard InChI is InChI=1S/C21H18BrNO5S/c22-14-7-9-15(10-8-14)29(26,27)28-17-4-2-1-3-16(17)23-20(24)18-12-5-6-13(11-12)19(18)21(23)25/h1-4,7-10,12-13,18-19H,5-6,11H2/t12-,13-,18+,19+/m0/s1. The molecule has 0 N–H and O–H groups in total. The highest BCUT2D eigenvalue weighted by molar-refractivity contribution is 9.10. The number of rotatable bonds is 4. The number of benzene rings is 2. The Balaban J connectivity index is 1.50. The van der Waals surface area contributed by atoms with E-state index in [1.54, 1.807) is 30.3 Å². The molecule has 0 unspecified atom stereocenters. The van der Waals surface area contributed by atoms with Crippen LogP contribution >= 0.6 is 15.9 Å². The molecule has 0 aromatic heterocycles. The van der Waals surface area contributed by atoms with Gasteiger partial charge in [-0.05, 0) is 67.5 Å². The maximum Gasteiger partial charge on any atom is 0.339 e. The van der Waals surface area contributed by atoms with Crippen LogP contribution in [0.25, 0.3) is 0 Å². The Hall–Kier alpha value is -2.19. The molecular weight excluding hydrogens is 458 g/mol. The average Bonchev–Trinajstić information content (AvgIpc) is 3.37. The molecule has 2 aromatic rings. The highest BCUT2D eigenvalue weighted by Crippen LogP contribution is 2.57. The molecule has 150 valence electrons. The number of carbonyl (C=O) groups is 2. The molecule has 1 aliphatic heterocycles. The summed E-state index contributed by atoms with van der Waals surface area (Å²) >= 11 is 3.27. The molecule has 0 radical (unpaired) electrons. The first-order chi connectivity index (χ1) is 13.9. The molecule has 0 spiro atoms. The summed E-state index contributed by atoms with van der Waals surface area (Å²) in [4.78, 5) is 27.4. The van der Waals surface area contributed by atoms with E-state index < -0.39 is 10.1 Å². The van der Waals surface area contributed by atoms with E-state index in [1.807, 2.05) is 0 Å². The maximum absolute atomic E-state index is 13.1. The van der Waals surface area contributed by atoms with Crippen molar-refractivity contribution in [2.24, 2.45) is 23.7 Å². The number of hydrogen-bond donors (Lipinski definition) is 0. The zero-order valence-electron chi connectivity index (χ0n) is 15.3. The number of halogens is 1. The third-order valence-corrected chi connectivity index (χ3v) is 8.11. The summed E-state index contributed by atoms with van der Waals surface area (Å²) in [6.07, 6.45) is 2.90. The summed E-state index contributed by atoms with van der Waals surface area (Å²) < 4.78 is 31.6. The van der Waals surface area contributed by atoms with E-state index in [4.69, 9.17) is 4.18 Å². The van der Waals surface area contributed by atoms with Gasteiger partial charge in [-0.3, -0.25) is 9.59 Å². The lowest BCUT2D eigenvalue weighted by atomic mass is 9.81. The Labute approximate surface area is 177 Å². The van der Waals surface area contributed by atoms with Crippen LogP contribution in [0.3, 0.4) is 0 Å². The van der Waals surface area contributed by atoms with Crippen molar-refractivity contribution in [3.05, 3.63) is 53.0 Å². The Kier molecular flexibility index (Phi) is 4.33. The van der Waals surface area contributed by atoms with Gasteiger partial charge in [-0.25, -0.2) is 4.90 Å². The molecule has 1 heterocycles. The maximum atomic E-state index is 13.1. The molecule has 6 nitrogen and oxygen atoms in total. The van der Waals surface area contributed by atoms with Gasteiger partial charge < -0.3 is 4.18 Å². The van der Waals surface area contributed by atoms with Crippen LogP contribution < -0.4 is 9.08 Å². The molecule has 29 heavy (non-hydrogen) atoms. The predicted molar refractivity (Wildman–Crippen MR) is 109 cm³/mol. The lowest BCUT2D eigenvalue weighted by Gasteiger charge is -2.20. The van der Waals surface area contributed by atoms with E-state index in [-0.39, 0.29) is 51.8 Å². The first kappa shape index (κ1) is 18.8. The summed E-state index contributed by atoms with van der Waals surface area (Å²) in [6.45, 7) is 0. The summed E-state index contributed by atoms with van der Waals surface area (Å²) in [7, 11) is -4.12. The highest BCUT2D eigenvalue weighted by atomic mass is 79.9. The van der Waals surface area contributed by atoms with Gasteiger partial charge in [0.1, 0.15) is 4.90 Å². The molecule has 2 amide bonds. The van der Waals surface area contributed by atoms with Crippen LogP contribution in [0.1, 0.15) is 19.3 Å². The number of nitrogens with zero attached hydrogens (tertiary/aromatic N) is 1. The van der Waals surface area contributed by atoms with Crippen molar-refractivity contribution >= 4 is 43.5 Å². The topological polar surface area (TPSA) is 80.8 Å². The van der Waals surface area contributed by atoms with Crippen LogP contribution in [0, 0.1) is 23.7 Å². The zero-order valence-corrected chi connectivity index (χ0v) is 17.7. The van der Waals surface area contributed by atoms with E-state index in [9.17, 15) is 18.0 Å². The van der Waals surface area contributed by atoms with Gasteiger partial charge in [0.2, 0.25) is 11.8 Å². The molecule has 2 aromatic carbocycles. The Morgan fingerprint density at radius 1 is 0.897 bits per heavy atom. The van der Waals surface area contributed by atoms with Crippen molar-refractivity contribution in [3.8, 4) is 5.75 Å². The van der Waals surface area contributed by atoms with Crippen molar-refractivity contribution in [2.45, 2.75) is 24.2 Å². The van der Waals surface area contributed by atoms with Crippen LogP contribution in [0.4, 0.5) is 5.69 Å². The van der Waals surface area contributed by atoms with Gasteiger partial charge in [0.15, 0.2) is 5.75 Å². The fraction of sp³-hybridized carbons (Fsp3) is 0.333. The Morgan fingerprint density at radius 3 is 2.10 bits per heavy atom. The summed E-state index contributed by atoms with van der Waals surface area (Å²) in [5.74, 6) is -0.537. The van der Waals surface area contributed by atoms with Crippen molar-refractivity contribution in [3.63, 3.8) is 0 Å². The number of fused-ring (bicyclic) bond motifs is 5. The van der Waals surface area contributed by atoms with Gasteiger partial charge in [0.25, 0.3) is 0 Å². The third kappa shape index (κ3) is 2.92. The largest absolute Gasteiger partial charge is 0.377 e. The van der Waals surface area contributed by atoms with E-state index >= 15 is 0 Å². The highest BCUT2D eigenvalue weighted by Gasteiger charge is 2.61. The molecular formula is C21H18BrNO5S. The fourth-order valence-electron chi connectivity index (χ4n) is 5.13. The smallest absolute Gasteiger partial charge is 0.339 e. The average molecular weight is 476 g/mol. The van der Waals surface area contributed by atoms with Crippen LogP contribution in [0.2, 0.25) is 0 Å². The van der Waals surface area contributed by atoms with Crippen LogP contribution in [-0.4, -0.2) is 20.2 Å². The molecule has 8 heteroatoms. The van der Waals surface area contributed by atoms with Gasteiger partial charge in [0, 0.05) is 4.47 Å². The number of anilines is 1. The second-order valence-electron chi connectivity index (χ2n) is 7.86. The van der Waals surface area contributed by atoms with Crippen molar-refractivity contribution in [2.75, 3.05) is 4.90 Å². The van der Waals surface area contributed by atoms with Crippen molar-refractivity contribution in [1.29, 1.82) is 0 Å². The Bertz CT molecular complexity index is 1090. The lowest BCUT2D eigenvalue weighted by Crippen LogP contribution is -2.33. The van der Waals surface area contributed by atoms with Crippen molar-refractivity contribution < 1.29 is 22.2 Å². The normalized spacial score (nSPS) is 28.1. The minimum atomic E-state index is -4.12. The monoisotopic (exact) mass is 475 g/mol. The molecule has 3 aliphatic rings. The molecule has 5 rings (SSSR count). The van der Waals surface area contributed by atoms with Gasteiger partial charge in [-0.15, -0.1) is 0 Å². The second kappa shape index (κ2) is 6.67. The molecule has 1 saturated heterocycles. The second-order valence-corrected chi connectivity index (χ2v) is 10.3. The SMILES string of the molecule is O=C1[C@@H]2[C@H]3CC[C@@H](C3)[C@H]2C(=O)N1c1ccccc1OS(=O)(=O)c1ccc(Br)cc1. The van der Waals surface area contributed by atoms with E-state index in [0.717, 1.165) is 28.6 Å². The minimum absolute atomic E-state index is 0.00973. The molecule has 2 aliphatic carbocycles. The molecule has 3 fully saturated rings. The quantitative estimate of drug-likeness (QED) is 0.496. The Morgan fingerprint density at radius 2 is 1.48 bits per heavy atom. The van der Waals surface area contributed by atoms with Gasteiger partial charge >= 0.3 is 10.1 Å². The number of imide groups is 1. The first-order valence-corrected chi connectivity index (χ1v) is 11.7. The predicted octanol–water partition coefficient (Wildman–Crippen LogP) is 3.75. The minimum Gasteiger partial charge on any atom is -0.377 e. The van der Waals surface area contributed by atoms with E-state index in [1.165, 1.54) is 18.2 Å². The number of carbonyl (C=O) groups excluding carboxylic acids is 2. The molecule has 4 atom stereocenters. The summed E-state index contributed by atoms with van der Waals surface area (Å²) in [6, 6.07) is 12.4. The zero-order chi connectivity index (χ0) is 20.3. The van der Waals surface area contributed by atoms with Crippen LogP contribution in [-0.2, 0) is 19.7 Å². The van der Waals surface area contributed by atoms with Gasteiger partial charge in [0.05, 0.1) is 17.5 Å². The van der Waals surface area contributed by atoms with Gasteiger partial charge in [-0.1, -0.05) is 28.1 Å². The van der Waals surface area contributed by atoms with Crippen molar-refractivity contribution in [1.82, 2.24) is 0 Å². The van der Waals surface area contributed by atoms with E-state index in [0.29, 0.717) is 0 Å². The number of amides is 2. The third-order valence-electron chi connectivity index (χ3n) is 6.34. The number of hydrogen-bond acceptors (Lipinski definition) is 5. The lowest BCUT2D eigenvalue weighted by molar-refractivity contribution is -0.123. The van der Waals surface area contributed by atoms with Gasteiger partial charge in [-0.2, -0.15) is 8.42 Å².